The molecule has 0 aliphatic carbocycles. The van der Waals surface area contributed by atoms with Gasteiger partial charge in [0.25, 0.3) is 0 Å². The highest BCUT2D eigenvalue weighted by molar-refractivity contribution is 8.00. The first kappa shape index (κ1) is 28.7. The van der Waals surface area contributed by atoms with Gasteiger partial charge in [0.2, 0.25) is 17.7 Å². The van der Waals surface area contributed by atoms with Crippen molar-refractivity contribution in [2.45, 2.75) is 28.9 Å². The van der Waals surface area contributed by atoms with E-state index >= 15 is 0 Å². The van der Waals surface area contributed by atoms with E-state index in [1.807, 2.05) is 0 Å². The van der Waals surface area contributed by atoms with Gasteiger partial charge in [-0.3, -0.25) is 23.7 Å². The molecule has 43 heavy (non-hydrogen) atoms. The first-order valence-corrected chi connectivity index (χ1v) is 14.4. The van der Waals surface area contributed by atoms with Crippen molar-refractivity contribution in [2.24, 2.45) is 5.92 Å². The fourth-order valence-corrected chi connectivity index (χ4v) is 8.09. The number of nitrogens with zero attached hydrogens (tertiary/aromatic N) is 2. The van der Waals surface area contributed by atoms with Gasteiger partial charge in [0.15, 0.2) is 0 Å². The normalized spacial score (nSPS) is 19.7. The van der Waals surface area contributed by atoms with Crippen molar-refractivity contribution in [1.82, 2.24) is 4.57 Å². The summed E-state index contributed by atoms with van der Waals surface area (Å²) in [4.78, 5) is 54.0. The minimum Gasteiger partial charge on any atom is -0.508 e. The molecule has 0 unspecified atom stereocenters. The molecule has 8 nitrogen and oxygen atoms in total. The van der Waals surface area contributed by atoms with Gasteiger partial charge in [-0.15, -0.1) is 0 Å². The predicted octanol–water partition coefficient (Wildman–Crippen LogP) is 5.21. The highest BCUT2D eigenvalue weighted by atomic mass is 32.2. The molecule has 2 N–H and O–H groups in total. The Morgan fingerprint density at radius 3 is 2.28 bits per heavy atom. The van der Waals surface area contributed by atoms with E-state index in [-0.39, 0.29) is 10.8 Å². The number of fused-ring (bicyclic) bond motifs is 2. The second-order valence-electron chi connectivity index (χ2n) is 9.84. The van der Waals surface area contributed by atoms with Crippen LogP contribution in [0.15, 0.2) is 82.6 Å². The topological polar surface area (TPSA) is 109 Å². The van der Waals surface area contributed by atoms with Gasteiger partial charge in [-0.1, -0.05) is 47.4 Å². The summed E-state index contributed by atoms with van der Waals surface area (Å²) < 4.78 is 56.7. The highest BCUT2D eigenvalue weighted by Crippen LogP contribution is 2.54. The van der Waals surface area contributed by atoms with Crippen LogP contribution in [0.1, 0.15) is 21.9 Å². The number of carbonyl (C=O) groups excluding carboxylic acids is 3. The lowest BCUT2D eigenvalue weighted by atomic mass is 9.83. The van der Waals surface area contributed by atoms with Crippen molar-refractivity contribution < 1.29 is 37.1 Å². The van der Waals surface area contributed by atoms with Crippen LogP contribution in [0.25, 0.3) is 0 Å². The molecular weight excluding hydrogens is 610 g/mol. The van der Waals surface area contributed by atoms with Gasteiger partial charge in [0.05, 0.1) is 22.2 Å². The van der Waals surface area contributed by atoms with E-state index in [9.17, 15) is 41.8 Å². The first-order valence-electron chi connectivity index (χ1n) is 12.7. The van der Waals surface area contributed by atoms with E-state index in [0.717, 1.165) is 58.0 Å². The van der Waals surface area contributed by atoms with Gasteiger partial charge < -0.3 is 10.4 Å². The monoisotopic (exact) mass is 629 g/mol. The first-order chi connectivity index (χ1) is 20.4. The molecule has 0 spiro atoms. The third-order valence-electron chi connectivity index (χ3n) is 7.18. The summed E-state index contributed by atoms with van der Waals surface area (Å²) in [5.41, 5.74) is -1.03. The number of benzene rings is 3. The van der Waals surface area contributed by atoms with Crippen LogP contribution in [0.4, 0.5) is 28.9 Å². The Morgan fingerprint density at radius 1 is 0.930 bits per heavy atom. The number of halogens is 4. The Balaban J connectivity index is 1.43. The lowest BCUT2D eigenvalue weighted by Crippen LogP contribution is -2.33. The number of para-hydroxylation sites is 1. The summed E-state index contributed by atoms with van der Waals surface area (Å²) in [5, 5.41) is 11.1. The largest absolute Gasteiger partial charge is 0.508 e. The van der Waals surface area contributed by atoms with Gasteiger partial charge in [-0.25, -0.2) is 9.29 Å². The molecule has 0 bridgehead atoms. The van der Waals surface area contributed by atoms with Crippen molar-refractivity contribution in [1.29, 1.82) is 0 Å². The van der Waals surface area contributed by atoms with Gasteiger partial charge in [0.1, 0.15) is 23.4 Å². The Morgan fingerprint density at radius 2 is 1.60 bits per heavy atom. The molecule has 14 heteroatoms. The Labute approximate surface area is 248 Å². The molecule has 2 aliphatic rings. The number of carbonyl (C=O) groups is 3. The molecule has 0 radical (unpaired) electrons. The molecule has 3 amide bonds. The number of anilines is 2. The highest BCUT2D eigenvalue weighted by Gasteiger charge is 2.57. The third kappa shape index (κ3) is 5.10. The maximum atomic E-state index is 13.9. The lowest BCUT2D eigenvalue weighted by molar-refractivity contribution is -0.137. The quantitative estimate of drug-likeness (QED) is 0.178. The summed E-state index contributed by atoms with van der Waals surface area (Å²) >= 11 is 1.59. The molecule has 3 aromatic carbocycles. The number of alkyl halides is 3. The van der Waals surface area contributed by atoms with Crippen molar-refractivity contribution in [2.75, 3.05) is 10.2 Å². The number of hydrogen-bond acceptors (Lipinski definition) is 7. The average Bonchev–Trinajstić information content (AvgIpc) is 3.40. The fraction of sp³-hybridized carbons (Fsp3) is 0.172. The van der Waals surface area contributed by atoms with Crippen LogP contribution in [-0.4, -0.2) is 32.6 Å². The summed E-state index contributed by atoms with van der Waals surface area (Å²) in [6, 6.07) is 15.0. The van der Waals surface area contributed by atoms with Crippen LogP contribution >= 0.6 is 23.1 Å². The summed E-state index contributed by atoms with van der Waals surface area (Å²) in [5.74, 6) is -5.12. The molecule has 220 valence electrons. The van der Waals surface area contributed by atoms with Crippen LogP contribution in [0, 0.1) is 11.7 Å². The molecule has 2 aliphatic heterocycles. The smallest absolute Gasteiger partial charge is 0.418 e. The number of aromatic nitrogens is 1. The van der Waals surface area contributed by atoms with Gasteiger partial charge in [0, 0.05) is 16.5 Å². The zero-order valence-electron chi connectivity index (χ0n) is 21.7. The molecule has 3 atom stereocenters. The van der Waals surface area contributed by atoms with Crippen LogP contribution in [0.2, 0.25) is 0 Å². The number of aromatic hydroxyl groups is 1. The number of phenols is 1. The van der Waals surface area contributed by atoms with E-state index in [2.05, 4.69) is 5.32 Å². The van der Waals surface area contributed by atoms with E-state index in [4.69, 9.17) is 0 Å². The number of imide groups is 1. The fourth-order valence-electron chi connectivity index (χ4n) is 5.32. The Hall–Kier alpha value is -4.43. The second-order valence-corrected chi connectivity index (χ2v) is 12.0. The predicted molar refractivity (Wildman–Crippen MR) is 151 cm³/mol. The van der Waals surface area contributed by atoms with E-state index in [1.54, 1.807) is 0 Å². The number of rotatable bonds is 5. The molecule has 3 heterocycles. The summed E-state index contributed by atoms with van der Waals surface area (Å²) in [7, 11) is 0. The average molecular weight is 630 g/mol. The van der Waals surface area contributed by atoms with Gasteiger partial charge >= 0.3 is 11.0 Å². The standard InChI is InChI=1S/C29H19F4N3O5S2/c30-15-7-5-14(6-8-15)21-22-23(26(40)36(25(22)39)19-4-2-1-3-18(19)29(31,32)33)42-27-24(21)43-28(41)35(27)13-20(38)34-16-9-11-17(37)12-10-16/h1-12,21-23,37H,13H2,(H,34,38)/t21-,22-,23+/m0/s1. The molecule has 1 saturated heterocycles. The molecule has 1 aromatic heterocycles. The SMILES string of the molecule is O=C(Cn1c2c(sc1=O)[C@@H](c1ccc(F)cc1)[C@@H]1C(=O)N(c3ccccc3C(F)(F)F)C(=O)[C@@H]1S2)Nc1ccc(O)cc1. The van der Waals surface area contributed by atoms with Gasteiger partial charge in [-0.05, 0) is 54.1 Å². The molecule has 4 aromatic rings. The zero-order chi connectivity index (χ0) is 30.6. The Bertz CT molecular complexity index is 1820. The minimum atomic E-state index is -4.85. The second kappa shape index (κ2) is 10.7. The van der Waals surface area contributed by atoms with E-state index < -0.39 is 69.5 Å². The van der Waals surface area contributed by atoms with Crippen molar-refractivity contribution >= 4 is 52.2 Å². The number of thioether (sulfide) groups is 1. The summed E-state index contributed by atoms with van der Waals surface area (Å²) in [6.45, 7) is -0.463. The number of hydrogen-bond donors (Lipinski definition) is 2. The lowest BCUT2D eigenvalue weighted by Gasteiger charge is -2.30. The summed E-state index contributed by atoms with van der Waals surface area (Å²) in [6.07, 6.45) is -4.85. The Kier molecular flexibility index (Phi) is 7.13. The zero-order valence-corrected chi connectivity index (χ0v) is 23.3. The van der Waals surface area contributed by atoms with Gasteiger partial charge in [-0.2, -0.15) is 13.2 Å². The van der Waals surface area contributed by atoms with E-state index in [0.29, 0.717) is 21.0 Å². The number of nitrogens with one attached hydrogen (secondary N) is 1. The van der Waals surface area contributed by atoms with Crippen molar-refractivity contribution in [3.8, 4) is 5.75 Å². The minimum absolute atomic E-state index is 0.0124. The molecule has 0 saturated carbocycles. The van der Waals surface area contributed by atoms with Crippen molar-refractivity contribution in [3.05, 3.63) is 104 Å². The maximum absolute atomic E-state index is 13.9. The van der Waals surface area contributed by atoms with Crippen LogP contribution in [0.5, 0.6) is 5.75 Å². The van der Waals surface area contributed by atoms with Crippen molar-refractivity contribution in [3.63, 3.8) is 0 Å². The molecular formula is C29H19F4N3O5S2. The van der Waals surface area contributed by atoms with E-state index in [1.165, 1.54) is 42.5 Å². The third-order valence-corrected chi connectivity index (χ3v) is 9.79. The van der Waals surface area contributed by atoms with Crippen LogP contribution in [-0.2, 0) is 27.1 Å². The van der Waals surface area contributed by atoms with Crippen LogP contribution < -0.4 is 15.1 Å². The molecule has 6 rings (SSSR count). The number of amides is 3. The molecule has 1 fully saturated rings. The maximum Gasteiger partial charge on any atom is 0.418 e. The number of phenolic OH excluding ortho intramolecular Hbond substituents is 1. The number of thiazole rings is 1. The van der Waals surface area contributed by atoms with Crippen LogP contribution in [0.3, 0.4) is 0 Å².